The third kappa shape index (κ3) is 5.04. The Bertz CT molecular complexity index is 948. The van der Waals surface area contributed by atoms with E-state index in [2.05, 4.69) is 9.71 Å². The number of hydrogen-bond donors (Lipinski definition) is 2. The van der Waals surface area contributed by atoms with E-state index < -0.39 is 10.0 Å². The molecule has 0 saturated carbocycles. The minimum absolute atomic E-state index is 0.0796. The second-order valence-electron chi connectivity index (χ2n) is 6.23. The maximum Gasteiger partial charge on any atom is 0.240 e. The summed E-state index contributed by atoms with van der Waals surface area (Å²) >= 11 is 1.60. The SMILES string of the molecule is Cc1nc(-c2ccc(S(=O)(=O)NCC[C@@H](CCO)c3ccsc3)cc2)co1. The summed E-state index contributed by atoms with van der Waals surface area (Å²) in [5.74, 6) is 0.702. The molecule has 1 aromatic carbocycles. The highest BCUT2D eigenvalue weighted by atomic mass is 32.2. The number of oxazole rings is 1. The fourth-order valence-corrected chi connectivity index (χ4v) is 4.68. The van der Waals surface area contributed by atoms with Crippen LogP contribution in [0.5, 0.6) is 0 Å². The van der Waals surface area contributed by atoms with E-state index in [1.165, 1.54) is 0 Å². The molecular formula is C19H22N2O4S2. The van der Waals surface area contributed by atoms with Crippen LogP contribution in [-0.4, -0.2) is 31.7 Å². The van der Waals surface area contributed by atoms with Crippen LogP contribution in [0.2, 0.25) is 0 Å². The average molecular weight is 407 g/mol. The molecule has 3 rings (SSSR count). The van der Waals surface area contributed by atoms with Crippen LogP contribution in [0.1, 0.15) is 30.2 Å². The number of aliphatic hydroxyl groups excluding tert-OH is 1. The summed E-state index contributed by atoms with van der Waals surface area (Å²) in [6.07, 6.45) is 2.79. The van der Waals surface area contributed by atoms with Crippen molar-refractivity contribution in [3.8, 4) is 11.3 Å². The molecule has 0 saturated heterocycles. The Labute approximate surface area is 162 Å². The van der Waals surface area contributed by atoms with Crippen molar-refractivity contribution in [2.45, 2.75) is 30.6 Å². The molecule has 8 heteroatoms. The predicted octanol–water partition coefficient (Wildman–Crippen LogP) is 3.55. The molecule has 0 aliphatic carbocycles. The summed E-state index contributed by atoms with van der Waals surface area (Å²) < 4.78 is 32.9. The lowest BCUT2D eigenvalue weighted by atomic mass is 9.95. The molecule has 27 heavy (non-hydrogen) atoms. The van der Waals surface area contributed by atoms with Gasteiger partial charge in [0.05, 0.1) is 4.90 Å². The topological polar surface area (TPSA) is 92.4 Å². The molecule has 0 radical (unpaired) electrons. The molecule has 0 fully saturated rings. The molecule has 0 aliphatic rings. The van der Waals surface area contributed by atoms with Crippen LogP contribution in [0.25, 0.3) is 11.3 Å². The predicted molar refractivity (Wildman–Crippen MR) is 105 cm³/mol. The van der Waals surface area contributed by atoms with Crippen molar-refractivity contribution in [3.63, 3.8) is 0 Å². The number of nitrogens with zero attached hydrogens (tertiary/aromatic N) is 1. The van der Waals surface area contributed by atoms with Gasteiger partial charge in [-0.25, -0.2) is 18.1 Å². The smallest absolute Gasteiger partial charge is 0.240 e. The molecule has 3 aromatic rings. The number of nitrogens with one attached hydrogen (secondary N) is 1. The second kappa shape index (κ2) is 8.79. The first kappa shape index (κ1) is 19.8. The van der Waals surface area contributed by atoms with Crippen molar-refractivity contribution in [1.29, 1.82) is 0 Å². The zero-order valence-electron chi connectivity index (χ0n) is 15.0. The normalized spacial score (nSPS) is 13.0. The Morgan fingerprint density at radius 2 is 2.00 bits per heavy atom. The lowest BCUT2D eigenvalue weighted by molar-refractivity contribution is 0.273. The zero-order valence-corrected chi connectivity index (χ0v) is 16.6. The van der Waals surface area contributed by atoms with E-state index in [0.29, 0.717) is 31.0 Å². The fourth-order valence-electron chi connectivity index (χ4n) is 2.89. The van der Waals surface area contributed by atoms with Gasteiger partial charge in [0.2, 0.25) is 10.0 Å². The third-order valence-corrected chi connectivity index (χ3v) is 6.53. The summed E-state index contributed by atoms with van der Waals surface area (Å²) in [6.45, 7) is 2.15. The Morgan fingerprint density at radius 1 is 1.22 bits per heavy atom. The number of thiophene rings is 1. The highest BCUT2D eigenvalue weighted by molar-refractivity contribution is 7.89. The number of sulfonamides is 1. The summed E-state index contributed by atoms with van der Waals surface area (Å²) in [7, 11) is -3.59. The Kier molecular flexibility index (Phi) is 6.43. The molecule has 2 N–H and O–H groups in total. The summed E-state index contributed by atoms with van der Waals surface area (Å²) in [4.78, 5) is 4.44. The van der Waals surface area contributed by atoms with Gasteiger partial charge in [-0.15, -0.1) is 0 Å². The Balaban J connectivity index is 1.62. The monoisotopic (exact) mass is 406 g/mol. The van der Waals surface area contributed by atoms with Crippen LogP contribution in [0, 0.1) is 6.92 Å². The van der Waals surface area contributed by atoms with Gasteiger partial charge in [-0.1, -0.05) is 12.1 Å². The van der Waals surface area contributed by atoms with Crippen molar-refractivity contribution in [1.82, 2.24) is 9.71 Å². The minimum atomic E-state index is -3.59. The lowest BCUT2D eigenvalue weighted by Crippen LogP contribution is -2.26. The average Bonchev–Trinajstić information content (AvgIpc) is 3.33. The summed E-state index contributed by atoms with van der Waals surface area (Å²) in [6, 6.07) is 8.57. The largest absolute Gasteiger partial charge is 0.449 e. The molecule has 0 aliphatic heterocycles. The first-order chi connectivity index (χ1) is 13.0. The van der Waals surface area contributed by atoms with Gasteiger partial charge in [0, 0.05) is 25.6 Å². The van der Waals surface area contributed by atoms with Gasteiger partial charge in [0.15, 0.2) is 5.89 Å². The maximum absolute atomic E-state index is 12.5. The fraction of sp³-hybridized carbons (Fsp3) is 0.316. The molecule has 6 nitrogen and oxygen atoms in total. The Hall–Kier alpha value is -2.00. The van der Waals surface area contributed by atoms with Crippen molar-refractivity contribution >= 4 is 21.4 Å². The van der Waals surface area contributed by atoms with Gasteiger partial charge < -0.3 is 9.52 Å². The third-order valence-electron chi connectivity index (χ3n) is 4.36. The van der Waals surface area contributed by atoms with Crippen LogP contribution in [-0.2, 0) is 10.0 Å². The molecule has 1 atom stereocenters. The molecule has 144 valence electrons. The van der Waals surface area contributed by atoms with Crippen LogP contribution < -0.4 is 4.72 Å². The van der Waals surface area contributed by atoms with Crippen molar-refractivity contribution < 1.29 is 17.9 Å². The highest BCUT2D eigenvalue weighted by Crippen LogP contribution is 2.25. The first-order valence-electron chi connectivity index (χ1n) is 8.65. The van der Waals surface area contributed by atoms with E-state index in [1.54, 1.807) is 48.8 Å². The van der Waals surface area contributed by atoms with Crippen LogP contribution in [0.15, 0.2) is 56.7 Å². The van der Waals surface area contributed by atoms with Gasteiger partial charge in [0.1, 0.15) is 12.0 Å². The number of benzene rings is 1. The molecule has 0 amide bonds. The standard InChI is InChI=1S/C19H22N2O4S2/c1-14-21-19(12-25-14)16-2-4-18(5-3-16)27(23,24)20-9-6-15(7-10-22)17-8-11-26-13-17/h2-5,8,11-13,15,20,22H,6-7,9-10H2,1H3/t15-/m0/s1. The van der Waals surface area contributed by atoms with Crippen LogP contribution in [0.3, 0.4) is 0 Å². The van der Waals surface area contributed by atoms with Crippen molar-refractivity contribution in [2.75, 3.05) is 13.2 Å². The van der Waals surface area contributed by atoms with E-state index >= 15 is 0 Å². The lowest BCUT2D eigenvalue weighted by Gasteiger charge is -2.15. The van der Waals surface area contributed by atoms with Crippen molar-refractivity contribution in [3.05, 3.63) is 58.8 Å². The van der Waals surface area contributed by atoms with Crippen LogP contribution >= 0.6 is 11.3 Å². The van der Waals surface area contributed by atoms with Crippen molar-refractivity contribution in [2.24, 2.45) is 0 Å². The van der Waals surface area contributed by atoms with Gasteiger partial charge in [-0.3, -0.25) is 0 Å². The van der Waals surface area contributed by atoms with E-state index in [1.807, 2.05) is 16.8 Å². The minimum Gasteiger partial charge on any atom is -0.449 e. The van der Waals surface area contributed by atoms with E-state index in [-0.39, 0.29) is 17.4 Å². The van der Waals surface area contributed by atoms with E-state index in [9.17, 15) is 13.5 Å². The van der Waals surface area contributed by atoms with E-state index in [4.69, 9.17) is 4.42 Å². The molecular weight excluding hydrogens is 384 g/mol. The number of rotatable bonds is 9. The number of aryl methyl sites for hydroxylation is 1. The van der Waals surface area contributed by atoms with Crippen LogP contribution in [0.4, 0.5) is 0 Å². The van der Waals surface area contributed by atoms with Gasteiger partial charge >= 0.3 is 0 Å². The quantitative estimate of drug-likeness (QED) is 0.567. The van der Waals surface area contributed by atoms with Gasteiger partial charge in [0.25, 0.3) is 0 Å². The van der Waals surface area contributed by atoms with E-state index in [0.717, 1.165) is 11.1 Å². The van der Waals surface area contributed by atoms with Gasteiger partial charge in [-0.05, 0) is 53.3 Å². The number of hydrogen-bond acceptors (Lipinski definition) is 6. The molecule has 0 unspecified atom stereocenters. The molecule has 0 spiro atoms. The molecule has 0 bridgehead atoms. The number of aliphatic hydroxyl groups is 1. The Morgan fingerprint density at radius 3 is 2.59 bits per heavy atom. The summed E-state index contributed by atoms with van der Waals surface area (Å²) in [5, 5.41) is 13.3. The maximum atomic E-state index is 12.5. The second-order valence-corrected chi connectivity index (χ2v) is 8.78. The first-order valence-corrected chi connectivity index (χ1v) is 11.1. The molecule has 2 heterocycles. The van der Waals surface area contributed by atoms with Gasteiger partial charge in [-0.2, -0.15) is 11.3 Å². The number of aromatic nitrogens is 1. The highest BCUT2D eigenvalue weighted by Gasteiger charge is 2.17. The summed E-state index contributed by atoms with van der Waals surface area (Å²) in [5.41, 5.74) is 2.61. The molecule has 2 aromatic heterocycles. The zero-order chi connectivity index (χ0) is 19.3.